The second-order valence-electron chi connectivity index (χ2n) is 4.03. The Balaban J connectivity index is 3.64. The van der Waals surface area contributed by atoms with E-state index in [0.717, 1.165) is 13.1 Å². The van der Waals surface area contributed by atoms with Gasteiger partial charge in [-0.2, -0.15) is 0 Å². The third-order valence-corrected chi connectivity index (χ3v) is 2.27. The number of ether oxygens (including phenoxy) is 1. The molecule has 0 saturated carbocycles. The van der Waals surface area contributed by atoms with E-state index in [-0.39, 0.29) is 24.5 Å². The van der Waals surface area contributed by atoms with Crippen molar-refractivity contribution >= 4 is 11.9 Å². The molecule has 0 bridgehead atoms. The van der Waals surface area contributed by atoms with Crippen LogP contribution in [-0.2, 0) is 14.3 Å². The van der Waals surface area contributed by atoms with Crippen LogP contribution in [0.5, 0.6) is 0 Å². The van der Waals surface area contributed by atoms with Crippen LogP contribution >= 0.6 is 0 Å². The maximum atomic E-state index is 11.6. The molecule has 0 heterocycles. The van der Waals surface area contributed by atoms with Crippen molar-refractivity contribution in [3.63, 3.8) is 0 Å². The summed E-state index contributed by atoms with van der Waals surface area (Å²) in [6.07, 6.45) is 0.318. The Morgan fingerprint density at radius 2 is 1.82 bits per heavy atom. The first-order valence-electron chi connectivity index (χ1n) is 6.19. The topological polar surface area (TPSA) is 58.6 Å². The molecule has 0 aromatic carbocycles. The van der Waals surface area contributed by atoms with Gasteiger partial charge < -0.3 is 15.0 Å². The van der Waals surface area contributed by atoms with E-state index >= 15 is 0 Å². The SMILES string of the molecule is CCN(CC)C(=O)CCNCC(=O)OC(C)C. The highest BCUT2D eigenvalue weighted by molar-refractivity contribution is 5.76. The number of hydrogen-bond donors (Lipinski definition) is 1. The highest BCUT2D eigenvalue weighted by atomic mass is 16.5. The van der Waals surface area contributed by atoms with Crippen LogP contribution in [0.15, 0.2) is 0 Å². The lowest BCUT2D eigenvalue weighted by Crippen LogP contribution is -2.34. The van der Waals surface area contributed by atoms with Crippen molar-refractivity contribution in [3.8, 4) is 0 Å². The van der Waals surface area contributed by atoms with Crippen LogP contribution in [0.1, 0.15) is 34.1 Å². The number of carbonyl (C=O) groups excluding carboxylic acids is 2. The smallest absolute Gasteiger partial charge is 0.320 e. The third-order valence-electron chi connectivity index (χ3n) is 2.27. The van der Waals surface area contributed by atoms with E-state index in [9.17, 15) is 9.59 Å². The molecule has 5 heteroatoms. The summed E-state index contributed by atoms with van der Waals surface area (Å²) >= 11 is 0. The summed E-state index contributed by atoms with van der Waals surface area (Å²) in [5, 5.41) is 2.90. The molecule has 5 nitrogen and oxygen atoms in total. The minimum absolute atomic E-state index is 0.0957. The van der Waals surface area contributed by atoms with E-state index in [4.69, 9.17) is 4.74 Å². The van der Waals surface area contributed by atoms with Crippen molar-refractivity contribution in [1.82, 2.24) is 10.2 Å². The number of rotatable bonds is 8. The van der Waals surface area contributed by atoms with Crippen molar-refractivity contribution in [2.75, 3.05) is 26.2 Å². The van der Waals surface area contributed by atoms with Crippen LogP contribution in [0.4, 0.5) is 0 Å². The van der Waals surface area contributed by atoms with Gasteiger partial charge in [-0.1, -0.05) is 0 Å². The Hall–Kier alpha value is -1.10. The Morgan fingerprint density at radius 1 is 1.24 bits per heavy atom. The average Bonchev–Trinajstić information content (AvgIpc) is 2.25. The Labute approximate surface area is 103 Å². The molecule has 0 aromatic heterocycles. The van der Waals surface area contributed by atoms with E-state index in [2.05, 4.69) is 5.32 Å². The highest BCUT2D eigenvalue weighted by Gasteiger charge is 2.09. The molecule has 0 fully saturated rings. The van der Waals surface area contributed by atoms with Gasteiger partial charge in [-0.05, 0) is 27.7 Å². The van der Waals surface area contributed by atoms with Crippen molar-refractivity contribution < 1.29 is 14.3 Å². The average molecular weight is 244 g/mol. The second kappa shape index (κ2) is 8.98. The molecule has 0 unspecified atom stereocenters. The van der Waals surface area contributed by atoms with Gasteiger partial charge in [0, 0.05) is 26.1 Å². The van der Waals surface area contributed by atoms with E-state index in [1.807, 2.05) is 27.7 Å². The first-order valence-corrected chi connectivity index (χ1v) is 6.19. The minimum atomic E-state index is -0.282. The van der Waals surface area contributed by atoms with Gasteiger partial charge in [0.25, 0.3) is 0 Å². The van der Waals surface area contributed by atoms with Gasteiger partial charge in [0.05, 0.1) is 12.6 Å². The summed E-state index contributed by atoms with van der Waals surface area (Å²) in [7, 11) is 0. The van der Waals surface area contributed by atoms with E-state index < -0.39 is 0 Å². The van der Waals surface area contributed by atoms with Crippen molar-refractivity contribution in [2.24, 2.45) is 0 Å². The van der Waals surface area contributed by atoms with Crippen LogP contribution in [0.25, 0.3) is 0 Å². The molecule has 17 heavy (non-hydrogen) atoms. The third kappa shape index (κ3) is 7.74. The maximum Gasteiger partial charge on any atom is 0.320 e. The predicted octanol–water partition coefficient (Wildman–Crippen LogP) is 0.786. The van der Waals surface area contributed by atoms with E-state index in [1.54, 1.807) is 4.90 Å². The van der Waals surface area contributed by atoms with Gasteiger partial charge in [-0.3, -0.25) is 9.59 Å². The standard InChI is InChI=1S/C12H24N2O3/c1-5-14(6-2)11(15)7-8-13-9-12(16)17-10(3)4/h10,13H,5-9H2,1-4H3. The molecular formula is C12H24N2O3. The number of nitrogens with zero attached hydrogens (tertiary/aromatic N) is 1. The zero-order chi connectivity index (χ0) is 13.3. The van der Waals surface area contributed by atoms with Gasteiger partial charge in [-0.15, -0.1) is 0 Å². The van der Waals surface area contributed by atoms with Crippen LogP contribution in [-0.4, -0.2) is 49.1 Å². The molecule has 0 aliphatic rings. The van der Waals surface area contributed by atoms with Crippen molar-refractivity contribution in [3.05, 3.63) is 0 Å². The van der Waals surface area contributed by atoms with E-state index in [1.165, 1.54) is 0 Å². The molecule has 0 spiro atoms. The summed E-state index contributed by atoms with van der Waals surface area (Å²) in [4.78, 5) is 24.5. The molecule has 0 aliphatic heterocycles. The molecule has 100 valence electrons. The quantitative estimate of drug-likeness (QED) is 0.506. The van der Waals surface area contributed by atoms with Gasteiger partial charge in [0.15, 0.2) is 0 Å². The summed E-state index contributed by atoms with van der Waals surface area (Å²) in [6, 6.07) is 0. The Morgan fingerprint density at radius 3 is 2.29 bits per heavy atom. The highest BCUT2D eigenvalue weighted by Crippen LogP contribution is 1.93. The van der Waals surface area contributed by atoms with Gasteiger partial charge in [0.2, 0.25) is 5.91 Å². The molecule has 0 saturated heterocycles. The molecule has 1 N–H and O–H groups in total. The summed E-state index contributed by atoms with van der Waals surface area (Å²) in [6.45, 7) is 9.63. The fraction of sp³-hybridized carbons (Fsp3) is 0.833. The summed E-state index contributed by atoms with van der Waals surface area (Å²) in [5.41, 5.74) is 0. The fourth-order valence-electron chi connectivity index (χ4n) is 1.42. The van der Waals surface area contributed by atoms with Crippen LogP contribution in [0.2, 0.25) is 0 Å². The minimum Gasteiger partial charge on any atom is -0.462 e. The van der Waals surface area contributed by atoms with Crippen LogP contribution in [0.3, 0.4) is 0 Å². The molecule has 0 radical (unpaired) electrons. The number of hydrogen-bond acceptors (Lipinski definition) is 4. The summed E-state index contributed by atoms with van der Waals surface area (Å²) in [5.74, 6) is -0.171. The fourth-order valence-corrected chi connectivity index (χ4v) is 1.42. The lowest BCUT2D eigenvalue weighted by molar-refractivity contribution is -0.146. The van der Waals surface area contributed by atoms with Gasteiger partial charge >= 0.3 is 5.97 Å². The molecular weight excluding hydrogens is 220 g/mol. The molecule has 0 rings (SSSR count). The Bertz CT molecular complexity index is 238. The van der Waals surface area contributed by atoms with Crippen molar-refractivity contribution in [1.29, 1.82) is 0 Å². The maximum absolute atomic E-state index is 11.6. The lowest BCUT2D eigenvalue weighted by Gasteiger charge is -2.18. The van der Waals surface area contributed by atoms with Crippen LogP contribution in [0, 0.1) is 0 Å². The van der Waals surface area contributed by atoms with E-state index in [0.29, 0.717) is 13.0 Å². The normalized spacial score (nSPS) is 10.4. The first kappa shape index (κ1) is 15.9. The Kier molecular flexibility index (Phi) is 8.40. The van der Waals surface area contributed by atoms with Gasteiger partial charge in [0.1, 0.15) is 0 Å². The number of esters is 1. The predicted molar refractivity (Wildman–Crippen MR) is 66.6 cm³/mol. The molecule has 0 atom stereocenters. The van der Waals surface area contributed by atoms with Crippen molar-refractivity contribution in [2.45, 2.75) is 40.2 Å². The van der Waals surface area contributed by atoms with Crippen LogP contribution < -0.4 is 5.32 Å². The molecule has 0 aliphatic carbocycles. The zero-order valence-corrected chi connectivity index (χ0v) is 11.3. The number of nitrogens with one attached hydrogen (secondary N) is 1. The summed E-state index contributed by atoms with van der Waals surface area (Å²) < 4.78 is 4.95. The van der Waals surface area contributed by atoms with Gasteiger partial charge in [-0.25, -0.2) is 0 Å². The number of amides is 1. The first-order chi connectivity index (χ1) is 8.01. The molecule has 0 aromatic rings. The second-order valence-corrected chi connectivity index (χ2v) is 4.03. The monoisotopic (exact) mass is 244 g/mol. The lowest BCUT2D eigenvalue weighted by atomic mass is 10.3. The largest absolute Gasteiger partial charge is 0.462 e. The molecule has 1 amide bonds. The zero-order valence-electron chi connectivity index (χ0n) is 11.3. The number of carbonyl (C=O) groups is 2.